The number of hydrogen-bond donors (Lipinski definition) is 3. The first kappa shape index (κ1) is 17.3. The molecule has 0 radical (unpaired) electrons. The van der Waals surface area contributed by atoms with E-state index in [2.05, 4.69) is 58.6 Å². The molecule has 0 saturated carbocycles. The van der Waals surface area contributed by atoms with Crippen molar-refractivity contribution in [2.24, 2.45) is 5.92 Å². The van der Waals surface area contributed by atoms with Crippen molar-refractivity contribution in [3.63, 3.8) is 0 Å². The van der Waals surface area contributed by atoms with Crippen LogP contribution in [0.15, 0.2) is 29.4 Å². The van der Waals surface area contributed by atoms with Crippen molar-refractivity contribution in [3.05, 3.63) is 35.4 Å². The van der Waals surface area contributed by atoms with Crippen LogP contribution in [0.25, 0.3) is 0 Å². The summed E-state index contributed by atoms with van der Waals surface area (Å²) in [5.74, 6) is 1.09. The van der Waals surface area contributed by atoms with E-state index in [1.807, 2.05) is 6.92 Å². The number of benzene rings is 1. The van der Waals surface area contributed by atoms with Gasteiger partial charge in [-0.3, -0.25) is 4.79 Å². The van der Waals surface area contributed by atoms with Crippen LogP contribution < -0.4 is 11.1 Å². The lowest BCUT2D eigenvalue weighted by Crippen LogP contribution is -2.28. The molecule has 4 N–H and O–H groups in total. The quantitative estimate of drug-likeness (QED) is 0.677. The number of rotatable bonds is 7. The number of hydrogen-bond acceptors (Lipinski definition) is 5. The van der Waals surface area contributed by atoms with Gasteiger partial charge in [-0.1, -0.05) is 49.9 Å². The average Bonchev–Trinajstić information content (AvgIpc) is 2.91. The Morgan fingerprint density at radius 3 is 2.57 bits per heavy atom. The fourth-order valence-electron chi connectivity index (χ4n) is 2.23. The maximum Gasteiger partial charge on any atom is 0.230 e. The van der Waals surface area contributed by atoms with Gasteiger partial charge in [0, 0.05) is 0 Å². The van der Waals surface area contributed by atoms with E-state index in [1.54, 1.807) is 0 Å². The van der Waals surface area contributed by atoms with Gasteiger partial charge in [0.05, 0.1) is 11.8 Å². The number of carbonyl (C=O) groups excluding carboxylic acids is 1. The Kier molecular flexibility index (Phi) is 6.04. The van der Waals surface area contributed by atoms with Gasteiger partial charge in [0.1, 0.15) is 0 Å². The summed E-state index contributed by atoms with van der Waals surface area (Å²) >= 11 is 1.25. The molecule has 1 atom stereocenters. The van der Waals surface area contributed by atoms with Crippen molar-refractivity contribution in [2.75, 3.05) is 11.5 Å². The largest absolute Gasteiger partial charge is 0.368 e. The number of thioether (sulfide) groups is 1. The standard InChI is InChI=1S/C16H23N5OS/c1-10(2)8-12-4-6-13(7-5-12)11(3)18-14(22)9-23-16-19-15(17)20-21-16/h4-7,10-11H,8-9H2,1-3H3,(H,18,22)(H3,17,19,20,21)/t11-/m0/s1. The lowest BCUT2D eigenvalue weighted by atomic mass is 10.00. The lowest BCUT2D eigenvalue weighted by Gasteiger charge is -2.15. The molecule has 6 nitrogen and oxygen atoms in total. The zero-order chi connectivity index (χ0) is 16.8. The second-order valence-electron chi connectivity index (χ2n) is 5.92. The third-order valence-electron chi connectivity index (χ3n) is 3.32. The fraction of sp³-hybridized carbons (Fsp3) is 0.438. The average molecular weight is 333 g/mol. The van der Waals surface area contributed by atoms with Gasteiger partial charge < -0.3 is 11.1 Å². The highest BCUT2D eigenvalue weighted by atomic mass is 32.2. The summed E-state index contributed by atoms with van der Waals surface area (Å²) in [6.07, 6.45) is 1.07. The molecule has 0 saturated heterocycles. The normalized spacial score (nSPS) is 12.3. The minimum Gasteiger partial charge on any atom is -0.368 e. The Hall–Kier alpha value is -2.02. The number of carbonyl (C=O) groups is 1. The van der Waals surface area contributed by atoms with Crippen LogP contribution in [-0.2, 0) is 11.2 Å². The summed E-state index contributed by atoms with van der Waals surface area (Å²) < 4.78 is 0. The first-order chi connectivity index (χ1) is 10.9. The molecule has 0 bridgehead atoms. The molecule has 0 aliphatic heterocycles. The molecule has 7 heteroatoms. The van der Waals surface area contributed by atoms with Crippen LogP contribution in [0.1, 0.15) is 37.9 Å². The maximum atomic E-state index is 12.0. The van der Waals surface area contributed by atoms with Crippen LogP contribution in [0, 0.1) is 5.92 Å². The second-order valence-corrected chi connectivity index (χ2v) is 6.86. The number of aromatic amines is 1. The third-order valence-corrected chi connectivity index (χ3v) is 4.16. The van der Waals surface area contributed by atoms with Crippen LogP contribution in [0.4, 0.5) is 5.95 Å². The van der Waals surface area contributed by atoms with Gasteiger partial charge in [-0.15, -0.1) is 5.10 Å². The van der Waals surface area contributed by atoms with Crippen LogP contribution in [-0.4, -0.2) is 26.8 Å². The predicted molar refractivity (Wildman–Crippen MR) is 93.1 cm³/mol. The number of nitrogen functional groups attached to an aromatic ring is 1. The first-order valence-corrected chi connectivity index (χ1v) is 8.61. The van der Waals surface area contributed by atoms with E-state index < -0.39 is 0 Å². The molecule has 2 rings (SSSR count). The Morgan fingerprint density at radius 1 is 1.30 bits per heavy atom. The van der Waals surface area contributed by atoms with Crippen molar-refractivity contribution in [1.82, 2.24) is 20.5 Å². The molecule has 1 heterocycles. The Morgan fingerprint density at radius 2 is 2.00 bits per heavy atom. The molecule has 0 aliphatic carbocycles. The summed E-state index contributed by atoms with van der Waals surface area (Å²) in [4.78, 5) is 15.9. The topological polar surface area (TPSA) is 96.7 Å². The molecule has 0 spiro atoms. The first-order valence-electron chi connectivity index (χ1n) is 7.63. The number of nitrogens with two attached hydrogens (primary N) is 1. The number of aromatic nitrogens is 3. The molecule has 0 fully saturated rings. The van der Waals surface area contributed by atoms with E-state index in [9.17, 15) is 4.79 Å². The highest BCUT2D eigenvalue weighted by molar-refractivity contribution is 7.99. The smallest absolute Gasteiger partial charge is 0.230 e. The minimum absolute atomic E-state index is 0.0339. The summed E-state index contributed by atoms with van der Waals surface area (Å²) in [5, 5.41) is 9.87. The second kappa shape index (κ2) is 8.01. The zero-order valence-electron chi connectivity index (χ0n) is 13.7. The molecular formula is C16H23N5OS. The molecule has 0 aliphatic rings. The monoisotopic (exact) mass is 333 g/mol. The fourth-order valence-corrected chi connectivity index (χ4v) is 2.85. The van der Waals surface area contributed by atoms with E-state index in [0.29, 0.717) is 11.1 Å². The summed E-state index contributed by atoms with van der Waals surface area (Å²) in [7, 11) is 0. The molecule has 1 aromatic carbocycles. The van der Waals surface area contributed by atoms with Crippen molar-refractivity contribution in [1.29, 1.82) is 0 Å². The highest BCUT2D eigenvalue weighted by Gasteiger charge is 2.11. The summed E-state index contributed by atoms with van der Waals surface area (Å²) in [6.45, 7) is 6.39. The summed E-state index contributed by atoms with van der Waals surface area (Å²) in [6, 6.07) is 8.37. The van der Waals surface area contributed by atoms with Crippen molar-refractivity contribution < 1.29 is 4.79 Å². The Bertz CT molecular complexity index is 638. The molecule has 0 unspecified atom stereocenters. The third kappa shape index (κ3) is 5.59. The predicted octanol–water partition coefficient (Wildman–Crippen LogP) is 2.55. The number of H-pyrrole nitrogens is 1. The minimum atomic E-state index is -0.0582. The lowest BCUT2D eigenvalue weighted by molar-refractivity contribution is -0.119. The van der Waals surface area contributed by atoms with Crippen LogP contribution in [0.2, 0.25) is 0 Å². The van der Waals surface area contributed by atoms with E-state index in [4.69, 9.17) is 5.73 Å². The van der Waals surface area contributed by atoms with E-state index in [1.165, 1.54) is 17.3 Å². The molecule has 1 amide bonds. The van der Waals surface area contributed by atoms with Gasteiger partial charge >= 0.3 is 0 Å². The van der Waals surface area contributed by atoms with E-state index in [0.717, 1.165) is 12.0 Å². The van der Waals surface area contributed by atoms with Gasteiger partial charge in [0.15, 0.2) is 0 Å². The van der Waals surface area contributed by atoms with E-state index >= 15 is 0 Å². The highest BCUT2D eigenvalue weighted by Crippen LogP contribution is 2.17. The van der Waals surface area contributed by atoms with Gasteiger partial charge in [-0.2, -0.15) is 4.98 Å². The van der Waals surface area contributed by atoms with Crippen molar-refractivity contribution >= 4 is 23.6 Å². The van der Waals surface area contributed by atoms with Crippen LogP contribution in [0.3, 0.4) is 0 Å². The number of nitrogens with one attached hydrogen (secondary N) is 2. The van der Waals surface area contributed by atoms with E-state index in [-0.39, 0.29) is 23.7 Å². The number of amides is 1. The van der Waals surface area contributed by atoms with Crippen molar-refractivity contribution in [2.45, 2.75) is 38.4 Å². The number of nitrogens with zero attached hydrogens (tertiary/aromatic N) is 2. The number of anilines is 1. The Balaban J connectivity index is 1.83. The molecule has 2 aromatic rings. The molecule has 124 valence electrons. The van der Waals surface area contributed by atoms with Crippen molar-refractivity contribution in [3.8, 4) is 0 Å². The maximum absolute atomic E-state index is 12.0. The SMILES string of the molecule is CC(C)Cc1ccc([C@H](C)NC(=O)CSc2n[nH]c(N)n2)cc1. The van der Waals surface area contributed by atoms with Crippen LogP contribution >= 0.6 is 11.8 Å². The molecule has 23 heavy (non-hydrogen) atoms. The molecule has 1 aromatic heterocycles. The molecular weight excluding hydrogens is 310 g/mol. The van der Waals surface area contributed by atoms with Gasteiger partial charge in [-0.25, -0.2) is 5.10 Å². The van der Waals surface area contributed by atoms with Gasteiger partial charge in [0.25, 0.3) is 0 Å². The van der Waals surface area contributed by atoms with Gasteiger partial charge in [0.2, 0.25) is 17.0 Å². The van der Waals surface area contributed by atoms with Gasteiger partial charge in [-0.05, 0) is 30.4 Å². The zero-order valence-corrected chi connectivity index (χ0v) is 14.5. The Labute approximate surface area is 140 Å². The van der Waals surface area contributed by atoms with Crippen LogP contribution in [0.5, 0.6) is 0 Å². The summed E-state index contributed by atoms with van der Waals surface area (Å²) in [5.41, 5.74) is 7.86.